The van der Waals surface area contributed by atoms with Gasteiger partial charge in [0, 0.05) is 12.2 Å². The van der Waals surface area contributed by atoms with Gasteiger partial charge in [-0.2, -0.15) is 0 Å². The van der Waals surface area contributed by atoms with Gasteiger partial charge >= 0.3 is 11.9 Å². The number of hydrogen-bond acceptors (Lipinski definition) is 7. The number of hydrogen-bond donors (Lipinski definition) is 1. The Balaban J connectivity index is 4.40. The van der Waals surface area contributed by atoms with E-state index in [0.717, 1.165) is 19.3 Å². The second-order valence-corrected chi connectivity index (χ2v) is 4.69. The molecule has 1 amide bonds. The van der Waals surface area contributed by atoms with E-state index in [9.17, 15) is 24.0 Å². The number of Topliss-reactive ketones (excluding diaryl/α,β-unsaturated/α-hetero) is 2. The van der Waals surface area contributed by atoms with Gasteiger partial charge in [0.2, 0.25) is 0 Å². The molecule has 1 atom stereocenters. The molecule has 0 fully saturated rings. The first-order valence-corrected chi connectivity index (χ1v) is 6.46. The minimum atomic E-state index is -1.02. The summed E-state index contributed by atoms with van der Waals surface area (Å²) in [5.74, 6) is -4.22. The fourth-order valence-corrected chi connectivity index (χ4v) is 1.41. The molecule has 0 aromatic carbocycles. The summed E-state index contributed by atoms with van der Waals surface area (Å²) in [5, 5.41) is 2.28. The fraction of sp³-hybridized carbons (Fsp3) is 0.500. The molecule has 0 aliphatic carbocycles. The zero-order valence-electron chi connectivity index (χ0n) is 12.9. The van der Waals surface area contributed by atoms with Gasteiger partial charge in [0.25, 0.3) is 11.7 Å². The number of ketones is 2. The minimum Gasteiger partial charge on any atom is -0.466 e. The highest BCUT2D eigenvalue weighted by molar-refractivity contribution is 6.37. The lowest BCUT2D eigenvalue weighted by Crippen LogP contribution is -2.47. The average molecular weight is 313 g/mol. The molecule has 22 heavy (non-hydrogen) atoms. The predicted octanol–water partition coefficient (Wildman–Crippen LogP) is -0.442. The van der Waals surface area contributed by atoms with E-state index in [1.54, 1.807) is 13.8 Å². The van der Waals surface area contributed by atoms with Crippen molar-refractivity contribution in [2.24, 2.45) is 5.92 Å². The SMILES string of the molecule is COC(=O)/C=C/C(=O)OCC(=O)C(=O)N[C@H](C(C)=O)C(C)C. The highest BCUT2D eigenvalue weighted by atomic mass is 16.5. The molecule has 0 aromatic heterocycles. The number of methoxy groups -OCH3 is 1. The van der Waals surface area contributed by atoms with Crippen molar-refractivity contribution in [1.29, 1.82) is 0 Å². The standard InChI is InChI=1S/C14H19NO7/c1-8(2)13(9(3)16)15-14(20)10(17)7-22-12(19)6-5-11(18)21-4/h5-6,8,13H,7H2,1-4H3,(H,15,20)/b6-5+/t13-/m0/s1. The van der Waals surface area contributed by atoms with Gasteiger partial charge in [-0.25, -0.2) is 9.59 Å². The molecule has 8 nitrogen and oxygen atoms in total. The lowest BCUT2D eigenvalue weighted by Gasteiger charge is -2.18. The molecule has 0 aliphatic heterocycles. The minimum absolute atomic E-state index is 0.181. The van der Waals surface area contributed by atoms with Gasteiger partial charge in [-0.1, -0.05) is 13.8 Å². The maximum absolute atomic E-state index is 11.6. The summed E-state index contributed by atoms with van der Waals surface area (Å²) in [6, 6.07) is -0.786. The highest BCUT2D eigenvalue weighted by Crippen LogP contribution is 2.02. The third-order valence-electron chi connectivity index (χ3n) is 2.55. The van der Waals surface area contributed by atoms with Crippen molar-refractivity contribution in [2.75, 3.05) is 13.7 Å². The summed E-state index contributed by atoms with van der Waals surface area (Å²) in [6.07, 6.45) is 1.58. The van der Waals surface area contributed by atoms with Crippen LogP contribution in [0.2, 0.25) is 0 Å². The van der Waals surface area contributed by atoms with Crippen LogP contribution in [0.3, 0.4) is 0 Å². The van der Waals surface area contributed by atoms with Gasteiger partial charge in [0.1, 0.15) is 0 Å². The van der Waals surface area contributed by atoms with Crippen molar-refractivity contribution in [3.63, 3.8) is 0 Å². The zero-order valence-corrected chi connectivity index (χ0v) is 12.9. The third kappa shape index (κ3) is 7.32. The van der Waals surface area contributed by atoms with Crippen LogP contribution < -0.4 is 5.32 Å². The van der Waals surface area contributed by atoms with Gasteiger partial charge in [0.15, 0.2) is 12.4 Å². The smallest absolute Gasteiger partial charge is 0.331 e. The quantitative estimate of drug-likeness (QED) is 0.367. The first-order valence-electron chi connectivity index (χ1n) is 6.46. The van der Waals surface area contributed by atoms with Gasteiger partial charge < -0.3 is 14.8 Å². The van der Waals surface area contributed by atoms with E-state index in [0.29, 0.717) is 0 Å². The Kier molecular flexibility index (Phi) is 8.35. The summed E-state index contributed by atoms with van der Waals surface area (Å²) < 4.78 is 8.75. The van der Waals surface area contributed by atoms with Crippen LogP contribution in [0.5, 0.6) is 0 Å². The third-order valence-corrected chi connectivity index (χ3v) is 2.55. The van der Waals surface area contributed by atoms with Crippen molar-refractivity contribution in [3.8, 4) is 0 Å². The number of esters is 2. The van der Waals surface area contributed by atoms with Crippen LogP contribution >= 0.6 is 0 Å². The predicted molar refractivity (Wildman–Crippen MR) is 74.6 cm³/mol. The molecule has 0 bridgehead atoms. The maximum Gasteiger partial charge on any atom is 0.331 e. The number of nitrogens with one attached hydrogen (secondary N) is 1. The van der Waals surface area contributed by atoms with E-state index in [4.69, 9.17) is 0 Å². The molecular weight excluding hydrogens is 294 g/mol. The van der Waals surface area contributed by atoms with Crippen LogP contribution in [0.15, 0.2) is 12.2 Å². The maximum atomic E-state index is 11.6. The normalized spacial score (nSPS) is 11.9. The molecule has 0 saturated heterocycles. The number of rotatable bonds is 8. The second kappa shape index (κ2) is 9.43. The van der Waals surface area contributed by atoms with E-state index >= 15 is 0 Å². The van der Waals surface area contributed by atoms with Gasteiger partial charge in [-0.15, -0.1) is 0 Å². The summed E-state index contributed by atoms with van der Waals surface area (Å²) in [6.45, 7) is 3.94. The van der Waals surface area contributed by atoms with Crippen molar-refractivity contribution < 1.29 is 33.4 Å². The lowest BCUT2D eigenvalue weighted by molar-refractivity contribution is -0.148. The summed E-state index contributed by atoms with van der Waals surface area (Å²) >= 11 is 0. The van der Waals surface area contributed by atoms with Crippen molar-refractivity contribution >= 4 is 29.4 Å². The number of ether oxygens (including phenoxy) is 2. The number of amides is 1. The molecular formula is C14H19NO7. The van der Waals surface area contributed by atoms with E-state index in [2.05, 4.69) is 14.8 Å². The van der Waals surface area contributed by atoms with Crippen LogP contribution in [0.1, 0.15) is 20.8 Å². The lowest BCUT2D eigenvalue weighted by atomic mass is 10.0. The topological polar surface area (TPSA) is 116 Å². The molecule has 1 N–H and O–H groups in total. The van der Waals surface area contributed by atoms with Crippen molar-refractivity contribution in [3.05, 3.63) is 12.2 Å². The molecule has 122 valence electrons. The Labute approximate surface area is 127 Å². The van der Waals surface area contributed by atoms with Gasteiger partial charge in [-0.05, 0) is 12.8 Å². The van der Waals surface area contributed by atoms with Crippen molar-refractivity contribution in [2.45, 2.75) is 26.8 Å². The van der Waals surface area contributed by atoms with Crippen molar-refractivity contribution in [1.82, 2.24) is 5.32 Å². The second-order valence-electron chi connectivity index (χ2n) is 4.69. The molecule has 0 saturated carbocycles. The van der Waals surface area contributed by atoms with Crippen LogP contribution in [0.4, 0.5) is 0 Å². The van der Waals surface area contributed by atoms with E-state index < -0.39 is 36.3 Å². The Hall–Kier alpha value is -2.51. The number of carbonyl (C=O) groups excluding carboxylic acids is 5. The monoisotopic (exact) mass is 313 g/mol. The first-order chi connectivity index (χ1) is 10.2. The van der Waals surface area contributed by atoms with E-state index in [1.807, 2.05) is 0 Å². The summed E-state index contributed by atoms with van der Waals surface area (Å²) in [5.41, 5.74) is 0. The molecule has 0 unspecified atom stereocenters. The molecule has 0 heterocycles. The van der Waals surface area contributed by atoms with E-state index in [1.165, 1.54) is 6.92 Å². The van der Waals surface area contributed by atoms with Crippen LogP contribution in [0, 0.1) is 5.92 Å². The fourth-order valence-electron chi connectivity index (χ4n) is 1.41. The van der Waals surface area contributed by atoms with Crippen LogP contribution in [-0.2, 0) is 33.4 Å². The van der Waals surface area contributed by atoms with Gasteiger partial charge in [-0.3, -0.25) is 14.4 Å². The Morgan fingerprint density at radius 2 is 1.59 bits per heavy atom. The molecule has 0 rings (SSSR count). The van der Waals surface area contributed by atoms with E-state index in [-0.39, 0.29) is 11.7 Å². The van der Waals surface area contributed by atoms with Crippen LogP contribution in [0.25, 0.3) is 0 Å². The number of carbonyl (C=O) groups is 5. The molecule has 0 spiro atoms. The Morgan fingerprint density at radius 1 is 1.05 bits per heavy atom. The summed E-state index contributed by atoms with van der Waals surface area (Å²) in [4.78, 5) is 56.3. The molecule has 8 heteroatoms. The Morgan fingerprint density at radius 3 is 2.05 bits per heavy atom. The summed E-state index contributed by atoms with van der Waals surface area (Å²) in [7, 11) is 1.13. The molecule has 0 radical (unpaired) electrons. The Bertz CT molecular complexity index is 493. The first kappa shape index (κ1) is 19.5. The molecule has 0 aliphatic rings. The zero-order chi connectivity index (χ0) is 17.3. The largest absolute Gasteiger partial charge is 0.466 e. The molecule has 0 aromatic rings. The average Bonchev–Trinajstić information content (AvgIpc) is 2.46. The highest BCUT2D eigenvalue weighted by Gasteiger charge is 2.24. The van der Waals surface area contributed by atoms with Crippen LogP contribution in [-0.4, -0.2) is 49.2 Å². The van der Waals surface area contributed by atoms with Gasteiger partial charge in [0.05, 0.1) is 13.2 Å².